The van der Waals surface area contributed by atoms with Crippen LogP contribution in [0.15, 0.2) is 71.9 Å². The van der Waals surface area contributed by atoms with Crippen molar-refractivity contribution in [2.45, 2.75) is 12.3 Å². The van der Waals surface area contributed by atoms with E-state index in [1.807, 2.05) is 12.3 Å². The topological polar surface area (TPSA) is 38.4 Å². The first-order valence-corrected chi connectivity index (χ1v) is 6.96. The van der Waals surface area contributed by atoms with Gasteiger partial charge in [0, 0.05) is 30.8 Å². The molecular weight excluding hydrogens is 244 g/mol. The Kier molecular flexibility index (Phi) is 3.75. The van der Waals surface area contributed by atoms with Gasteiger partial charge in [-0.1, -0.05) is 60.7 Å². The van der Waals surface area contributed by atoms with Gasteiger partial charge in [0.15, 0.2) is 0 Å². The van der Waals surface area contributed by atoms with Crippen LogP contribution in [-0.2, 0) is 0 Å². The van der Waals surface area contributed by atoms with E-state index < -0.39 is 0 Å². The number of aliphatic imine (C=N–C) groups is 1. The van der Waals surface area contributed by atoms with Gasteiger partial charge < -0.3 is 5.73 Å². The molecule has 100 valence electrons. The highest BCUT2D eigenvalue weighted by Crippen LogP contribution is 2.31. The predicted molar refractivity (Wildman–Crippen MR) is 84.9 cm³/mol. The summed E-state index contributed by atoms with van der Waals surface area (Å²) >= 11 is 0. The smallest absolute Gasteiger partial charge is 0.0355 e. The third kappa shape index (κ3) is 2.43. The highest BCUT2D eigenvalue weighted by Gasteiger charge is 2.20. The molecule has 3 rings (SSSR count). The molecule has 0 radical (unpaired) electrons. The third-order valence-corrected chi connectivity index (χ3v) is 3.73. The van der Waals surface area contributed by atoms with E-state index in [0.29, 0.717) is 6.54 Å². The molecule has 0 aliphatic carbocycles. The van der Waals surface area contributed by atoms with Gasteiger partial charge in [-0.25, -0.2) is 0 Å². The van der Waals surface area contributed by atoms with Crippen molar-refractivity contribution in [1.82, 2.24) is 0 Å². The van der Waals surface area contributed by atoms with E-state index in [2.05, 4.69) is 59.6 Å². The largest absolute Gasteiger partial charge is 0.329 e. The summed E-state index contributed by atoms with van der Waals surface area (Å²) in [6, 6.07) is 18.9. The van der Waals surface area contributed by atoms with Crippen LogP contribution in [0.2, 0.25) is 0 Å². The maximum atomic E-state index is 6.02. The summed E-state index contributed by atoms with van der Waals surface area (Å²) in [4.78, 5) is 4.47. The Morgan fingerprint density at radius 2 is 1.75 bits per heavy atom. The van der Waals surface area contributed by atoms with Crippen LogP contribution >= 0.6 is 0 Å². The quantitative estimate of drug-likeness (QED) is 0.895. The van der Waals surface area contributed by atoms with Crippen LogP contribution in [0.25, 0.3) is 11.1 Å². The van der Waals surface area contributed by atoms with E-state index in [-0.39, 0.29) is 5.92 Å². The van der Waals surface area contributed by atoms with Crippen molar-refractivity contribution in [2.75, 3.05) is 6.54 Å². The summed E-state index contributed by atoms with van der Waals surface area (Å²) in [5.41, 5.74) is 10.9. The molecule has 20 heavy (non-hydrogen) atoms. The second-order valence-electron chi connectivity index (χ2n) is 4.95. The fourth-order valence-corrected chi connectivity index (χ4v) is 2.73. The van der Waals surface area contributed by atoms with Crippen LogP contribution in [-0.4, -0.2) is 12.3 Å². The summed E-state index contributed by atoms with van der Waals surface area (Å²) in [6.45, 7) is 0.588. The molecule has 2 aromatic carbocycles. The van der Waals surface area contributed by atoms with Gasteiger partial charge in [-0.2, -0.15) is 0 Å². The zero-order valence-corrected chi connectivity index (χ0v) is 11.4. The van der Waals surface area contributed by atoms with Gasteiger partial charge in [0.05, 0.1) is 0 Å². The molecule has 2 aromatic rings. The average Bonchev–Trinajstić information content (AvgIpc) is 3.04. The average molecular weight is 262 g/mol. The molecule has 1 heterocycles. The van der Waals surface area contributed by atoms with Gasteiger partial charge in [-0.15, -0.1) is 0 Å². The van der Waals surface area contributed by atoms with Crippen molar-refractivity contribution < 1.29 is 0 Å². The lowest BCUT2D eigenvalue weighted by Crippen LogP contribution is -2.21. The second kappa shape index (κ2) is 5.85. The number of rotatable bonds is 4. The Morgan fingerprint density at radius 3 is 2.45 bits per heavy atom. The summed E-state index contributed by atoms with van der Waals surface area (Å²) in [5, 5.41) is 0. The summed E-state index contributed by atoms with van der Waals surface area (Å²) in [7, 11) is 0. The number of hydrogen-bond donors (Lipinski definition) is 1. The van der Waals surface area contributed by atoms with Gasteiger partial charge in [0.1, 0.15) is 0 Å². The van der Waals surface area contributed by atoms with Crippen molar-refractivity contribution in [1.29, 1.82) is 0 Å². The first-order valence-electron chi connectivity index (χ1n) is 6.96. The Bertz CT molecular complexity index is 641. The molecule has 0 spiro atoms. The molecule has 1 atom stereocenters. The Hall–Kier alpha value is -2.19. The lowest BCUT2D eigenvalue weighted by molar-refractivity contribution is 0.881. The molecule has 2 N–H and O–H groups in total. The Balaban J connectivity index is 2.05. The van der Waals surface area contributed by atoms with Crippen molar-refractivity contribution in [3.8, 4) is 11.1 Å². The molecule has 2 nitrogen and oxygen atoms in total. The predicted octanol–water partition coefficient (Wildman–Crippen LogP) is 3.75. The van der Waals surface area contributed by atoms with Crippen LogP contribution in [0.3, 0.4) is 0 Å². The van der Waals surface area contributed by atoms with Crippen molar-refractivity contribution >= 4 is 5.71 Å². The molecule has 0 aromatic heterocycles. The molecular formula is C18H18N2. The fraction of sp³-hybridized carbons (Fsp3) is 0.167. The van der Waals surface area contributed by atoms with E-state index in [0.717, 1.165) is 12.1 Å². The first kappa shape index (κ1) is 12.8. The molecule has 1 aliphatic heterocycles. The van der Waals surface area contributed by atoms with Crippen molar-refractivity contribution in [3.05, 3.63) is 72.4 Å². The van der Waals surface area contributed by atoms with Crippen molar-refractivity contribution in [2.24, 2.45) is 10.7 Å². The number of hydrogen-bond acceptors (Lipinski definition) is 2. The maximum Gasteiger partial charge on any atom is 0.0355 e. The monoisotopic (exact) mass is 262 g/mol. The SMILES string of the molecule is NCC(C1=NC=CC1)c1ccccc1-c1ccccc1. The van der Waals surface area contributed by atoms with Crippen LogP contribution in [0.1, 0.15) is 17.9 Å². The number of nitrogens with two attached hydrogens (primary N) is 1. The van der Waals surface area contributed by atoms with Gasteiger partial charge in [0.2, 0.25) is 0 Å². The lowest BCUT2D eigenvalue weighted by Gasteiger charge is -2.19. The van der Waals surface area contributed by atoms with E-state index in [9.17, 15) is 0 Å². The zero-order valence-electron chi connectivity index (χ0n) is 11.4. The number of nitrogens with zero attached hydrogens (tertiary/aromatic N) is 1. The summed E-state index contributed by atoms with van der Waals surface area (Å²) < 4.78 is 0. The summed E-state index contributed by atoms with van der Waals surface area (Å²) in [6.07, 6.45) is 4.87. The molecule has 0 fully saturated rings. The third-order valence-electron chi connectivity index (χ3n) is 3.73. The van der Waals surface area contributed by atoms with E-state index in [1.165, 1.54) is 16.7 Å². The molecule has 1 unspecified atom stereocenters. The maximum absolute atomic E-state index is 6.02. The zero-order chi connectivity index (χ0) is 13.8. The van der Waals surface area contributed by atoms with Gasteiger partial charge in [-0.05, 0) is 16.7 Å². The lowest BCUT2D eigenvalue weighted by atomic mass is 9.87. The fourth-order valence-electron chi connectivity index (χ4n) is 2.73. The van der Waals surface area contributed by atoms with Crippen LogP contribution in [0.4, 0.5) is 0 Å². The molecule has 2 heteroatoms. The Labute approximate surface area is 119 Å². The molecule has 0 saturated heterocycles. The van der Waals surface area contributed by atoms with Crippen LogP contribution in [0.5, 0.6) is 0 Å². The Morgan fingerprint density at radius 1 is 1.00 bits per heavy atom. The van der Waals surface area contributed by atoms with Crippen LogP contribution < -0.4 is 5.73 Å². The molecule has 1 aliphatic rings. The van der Waals surface area contributed by atoms with Crippen molar-refractivity contribution in [3.63, 3.8) is 0 Å². The number of allylic oxidation sites excluding steroid dienone is 1. The van der Waals surface area contributed by atoms with Gasteiger partial charge in [-0.3, -0.25) is 4.99 Å². The second-order valence-corrected chi connectivity index (χ2v) is 4.95. The minimum absolute atomic E-state index is 0.196. The molecule has 0 bridgehead atoms. The molecule has 0 amide bonds. The first-order chi connectivity index (χ1) is 9.90. The highest BCUT2D eigenvalue weighted by molar-refractivity contribution is 5.95. The van der Waals surface area contributed by atoms with Crippen LogP contribution in [0, 0.1) is 0 Å². The van der Waals surface area contributed by atoms with Gasteiger partial charge >= 0.3 is 0 Å². The summed E-state index contributed by atoms with van der Waals surface area (Å²) in [5.74, 6) is 0.196. The normalized spacial score (nSPS) is 15.2. The van der Waals surface area contributed by atoms with Gasteiger partial charge in [0.25, 0.3) is 0 Å². The molecule has 0 saturated carbocycles. The minimum atomic E-state index is 0.196. The van der Waals surface area contributed by atoms with E-state index in [4.69, 9.17) is 5.73 Å². The highest BCUT2D eigenvalue weighted by atomic mass is 14.7. The number of benzene rings is 2. The van der Waals surface area contributed by atoms with E-state index in [1.54, 1.807) is 0 Å². The van der Waals surface area contributed by atoms with E-state index >= 15 is 0 Å². The standard InChI is InChI=1S/C18H18N2/c19-13-17(18-11-6-12-20-18)16-10-5-4-9-15(16)14-7-2-1-3-8-14/h1-10,12,17H,11,13,19H2. The minimum Gasteiger partial charge on any atom is -0.329 e.